The molecule has 19 heavy (non-hydrogen) atoms. The van der Waals surface area contributed by atoms with Crippen molar-refractivity contribution in [2.24, 2.45) is 12.9 Å². The first-order chi connectivity index (χ1) is 9.10. The highest BCUT2D eigenvalue weighted by Gasteiger charge is 2.39. The van der Waals surface area contributed by atoms with Crippen molar-refractivity contribution in [1.29, 1.82) is 0 Å². The highest BCUT2D eigenvalue weighted by molar-refractivity contribution is 5.04. The molecule has 0 saturated carbocycles. The standard InChI is InChI=1S/C13H26N6/c1-4-13(2,19-7-5-6-8-19)12(15-14)9-11-10-18(3)17-16-11/h10,12,15H,4-9,14H2,1-3H3. The fraction of sp³-hybridized carbons (Fsp3) is 0.846. The van der Waals surface area contributed by atoms with E-state index in [4.69, 9.17) is 5.84 Å². The summed E-state index contributed by atoms with van der Waals surface area (Å²) in [4.78, 5) is 2.56. The van der Waals surface area contributed by atoms with Crippen LogP contribution in [0.15, 0.2) is 6.20 Å². The van der Waals surface area contributed by atoms with Crippen molar-refractivity contribution in [2.75, 3.05) is 13.1 Å². The summed E-state index contributed by atoms with van der Waals surface area (Å²) in [5.41, 5.74) is 4.07. The van der Waals surface area contributed by atoms with Gasteiger partial charge in [-0.3, -0.25) is 20.9 Å². The summed E-state index contributed by atoms with van der Waals surface area (Å²) >= 11 is 0. The lowest BCUT2D eigenvalue weighted by Crippen LogP contribution is -2.61. The number of rotatable bonds is 6. The Balaban J connectivity index is 2.13. The van der Waals surface area contributed by atoms with Gasteiger partial charge < -0.3 is 0 Å². The molecule has 1 aromatic heterocycles. The molecule has 1 saturated heterocycles. The number of nitrogens with two attached hydrogens (primary N) is 1. The van der Waals surface area contributed by atoms with Crippen molar-refractivity contribution in [1.82, 2.24) is 25.3 Å². The number of hydrogen-bond donors (Lipinski definition) is 2. The van der Waals surface area contributed by atoms with E-state index in [9.17, 15) is 0 Å². The van der Waals surface area contributed by atoms with E-state index in [1.165, 1.54) is 25.9 Å². The molecule has 0 amide bonds. The van der Waals surface area contributed by atoms with Crippen LogP contribution < -0.4 is 11.3 Å². The topological polar surface area (TPSA) is 72.0 Å². The van der Waals surface area contributed by atoms with E-state index in [1.54, 1.807) is 4.68 Å². The maximum atomic E-state index is 5.83. The Bertz CT molecular complexity index is 398. The van der Waals surface area contributed by atoms with Crippen LogP contribution in [0.1, 0.15) is 38.8 Å². The van der Waals surface area contributed by atoms with Crippen molar-refractivity contribution in [3.63, 3.8) is 0 Å². The molecule has 0 aliphatic carbocycles. The summed E-state index contributed by atoms with van der Waals surface area (Å²) < 4.78 is 1.74. The average Bonchev–Trinajstić information content (AvgIpc) is 3.06. The normalized spacial score (nSPS) is 21.5. The second-order valence-electron chi connectivity index (χ2n) is 5.71. The van der Waals surface area contributed by atoms with Crippen molar-refractivity contribution < 1.29 is 0 Å². The van der Waals surface area contributed by atoms with Gasteiger partial charge in [-0.25, -0.2) is 0 Å². The summed E-state index contributed by atoms with van der Waals surface area (Å²) in [6, 6.07) is 0.187. The van der Waals surface area contributed by atoms with Crippen LogP contribution in [0, 0.1) is 0 Å². The van der Waals surface area contributed by atoms with E-state index in [2.05, 4.69) is 34.5 Å². The molecule has 2 unspecified atom stereocenters. The highest BCUT2D eigenvalue weighted by atomic mass is 15.4. The monoisotopic (exact) mass is 266 g/mol. The Morgan fingerprint density at radius 1 is 1.47 bits per heavy atom. The lowest BCUT2D eigenvalue weighted by Gasteiger charge is -2.44. The van der Waals surface area contributed by atoms with Gasteiger partial charge in [-0.2, -0.15) is 0 Å². The van der Waals surface area contributed by atoms with E-state index < -0.39 is 0 Å². The second kappa shape index (κ2) is 5.98. The molecule has 1 aromatic rings. The van der Waals surface area contributed by atoms with Crippen LogP contribution in [-0.2, 0) is 13.5 Å². The third-order valence-corrected chi connectivity index (χ3v) is 4.56. The van der Waals surface area contributed by atoms with Crippen molar-refractivity contribution >= 4 is 0 Å². The summed E-state index contributed by atoms with van der Waals surface area (Å²) in [7, 11) is 1.89. The Morgan fingerprint density at radius 3 is 2.63 bits per heavy atom. The highest BCUT2D eigenvalue weighted by Crippen LogP contribution is 2.29. The molecule has 0 aromatic carbocycles. The van der Waals surface area contributed by atoms with E-state index in [0.717, 1.165) is 18.5 Å². The average molecular weight is 266 g/mol. The molecule has 1 aliphatic heterocycles. The van der Waals surface area contributed by atoms with Crippen LogP contribution in [0.3, 0.4) is 0 Å². The second-order valence-corrected chi connectivity index (χ2v) is 5.71. The van der Waals surface area contributed by atoms with E-state index in [-0.39, 0.29) is 11.6 Å². The van der Waals surface area contributed by atoms with Gasteiger partial charge in [-0.15, -0.1) is 5.10 Å². The van der Waals surface area contributed by atoms with Gasteiger partial charge in [0.1, 0.15) is 0 Å². The van der Waals surface area contributed by atoms with Crippen molar-refractivity contribution in [3.8, 4) is 0 Å². The number of nitrogens with zero attached hydrogens (tertiary/aromatic N) is 4. The number of nitrogens with one attached hydrogen (secondary N) is 1. The molecule has 2 rings (SSSR count). The molecule has 0 bridgehead atoms. The Hall–Kier alpha value is -0.980. The van der Waals surface area contributed by atoms with Gasteiger partial charge in [-0.05, 0) is 39.3 Å². The van der Waals surface area contributed by atoms with Crippen LogP contribution in [0.2, 0.25) is 0 Å². The molecule has 108 valence electrons. The van der Waals surface area contributed by atoms with Gasteiger partial charge in [0.25, 0.3) is 0 Å². The van der Waals surface area contributed by atoms with Gasteiger partial charge in [0.2, 0.25) is 0 Å². The summed E-state index contributed by atoms with van der Waals surface area (Å²) in [6.07, 6.45) is 6.42. The fourth-order valence-electron chi connectivity index (χ4n) is 3.07. The van der Waals surface area contributed by atoms with Crippen LogP contribution in [0.4, 0.5) is 0 Å². The largest absolute Gasteiger partial charge is 0.296 e. The minimum absolute atomic E-state index is 0.0722. The molecule has 1 fully saturated rings. The number of aromatic nitrogens is 3. The minimum atomic E-state index is 0.0722. The van der Waals surface area contributed by atoms with Gasteiger partial charge >= 0.3 is 0 Å². The molecule has 1 aliphatic rings. The maximum Gasteiger partial charge on any atom is 0.0843 e. The molecule has 2 heterocycles. The maximum absolute atomic E-state index is 5.83. The SMILES string of the molecule is CCC(C)(C(Cc1cn(C)nn1)NN)N1CCCC1. The lowest BCUT2D eigenvalue weighted by molar-refractivity contribution is 0.0837. The summed E-state index contributed by atoms with van der Waals surface area (Å²) in [5.74, 6) is 5.83. The third kappa shape index (κ3) is 2.96. The third-order valence-electron chi connectivity index (χ3n) is 4.56. The minimum Gasteiger partial charge on any atom is -0.296 e. The predicted octanol–water partition coefficient (Wildman–Crippen LogP) is 0.454. The molecule has 0 radical (unpaired) electrons. The zero-order valence-electron chi connectivity index (χ0n) is 12.3. The van der Waals surface area contributed by atoms with Crippen LogP contribution in [-0.4, -0.2) is 44.6 Å². The Labute approximate surface area is 115 Å². The first kappa shape index (κ1) is 14.4. The van der Waals surface area contributed by atoms with Crippen molar-refractivity contribution in [2.45, 2.75) is 51.1 Å². The zero-order valence-corrected chi connectivity index (χ0v) is 12.3. The first-order valence-electron chi connectivity index (χ1n) is 7.16. The van der Waals surface area contributed by atoms with Gasteiger partial charge in [0.15, 0.2) is 0 Å². The van der Waals surface area contributed by atoms with E-state index in [1.807, 2.05) is 13.2 Å². The zero-order chi connectivity index (χ0) is 13.9. The van der Waals surface area contributed by atoms with E-state index in [0.29, 0.717) is 0 Å². The van der Waals surface area contributed by atoms with Gasteiger partial charge in [-0.1, -0.05) is 12.1 Å². The predicted molar refractivity (Wildman–Crippen MR) is 75.3 cm³/mol. The smallest absolute Gasteiger partial charge is 0.0843 e. The van der Waals surface area contributed by atoms with Crippen LogP contribution in [0.5, 0.6) is 0 Å². The van der Waals surface area contributed by atoms with Gasteiger partial charge in [0.05, 0.1) is 5.69 Å². The molecule has 6 nitrogen and oxygen atoms in total. The Morgan fingerprint density at radius 2 is 2.16 bits per heavy atom. The molecule has 3 N–H and O–H groups in total. The molecule has 2 atom stereocenters. The van der Waals surface area contributed by atoms with Gasteiger partial charge in [0, 0.05) is 31.2 Å². The number of aryl methyl sites for hydroxylation is 1. The molecular formula is C13H26N6. The Kier molecular flexibility index (Phi) is 4.54. The first-order valence-corrected chi connectivity index (χ1v) is 7.16. The lowest BCUT2D eigenvalue weighted by atomic mass is 9.85. The van der Waals surface area contributed by atoms with E-state index >= 15 is 0 Å². The summed E-state index contributed by atoms with van der Waals surface area (Å²) in [6.45, 7) is 6.88. The van der Waals surface area contributed by atoms with Crippen molar-refractivity contribution in [3.05, 3.63) is 11.9 Å². The molecule has 6 heteroatoms. The number of hydrogen-bond acceptors (Lipinski definition) is 5. The van der Waals surface area contributed by atoms with Crippen LogP contribution >= 0.6 is 0 Å². The molecule has 0 spiro atoms. The fourth-order valence-corrected chi connectivity index (χ4v) is 3.07. The molecular weight excluding hydrogens is 240 g/mol. The summed E-state index contributed by atoms with van der Waals surface area (Å²) in [5, 5.41) is 8.17. The number of likely N-dealkylation sites (tertiary alicyclic amines) is 1. The quantitative estimate of drug-likeness (QED) is 0.578. The number of hydrazine groups is 1. The van der Waals surface area contributed by atoms with Crippen LogP contribution in [0.25, 0.3) is 0 Å².